The molecule has 0 aliphatic heterocycles. The van der Waals surface area contributed by atoms with Gasteiger partial charge < -0.3 is 10.1 Å². The van der Waals surface area contributed by atoms with E-state index in [0.29, 0.717) is 29.4 Å². The Bertz CT molecular complexity index is 1520. The Morgan fingerprint density at radius 2 is 1.92 bits per heavy atom. The Hall–Kier alpha value is -4.43. The monoisotopic (exact) mass is 500 g/mol. The number of amides is 1. The molecule has 5 rings (SSSR count). The SMILES string of the molecule is CCn1nc(C)cc1C(=O)Nc1cccc(Oc2ccc3c(/C=C/c4ccccn4)n[nH]c3c2)c1.Cl. The molecule has 0 spiro atoms. The lowest BCUT2D eigenvalue weighted by Gasteiger charge is -2.10. The number of nitrogens with one attached hydrogen (secondary N) is 2. The maximum absolute atomic E-state index is 12.7. The lowest BCUT2D eigenvalue weighted by atomic mass is 10.2. The van der Waals surface area contributed by atoms with E-state index in [4.69, 9.17) is 4.74 Å². The van der Waals surface area contributed by atoms with Gasteiger partial charge in [0.15, 0.2) is 0 Å². The van der Waals surface area contributed by atoms with Gasteiger partial charge in [-0.1, -0.05) is 12.1 Å². The number of carbonyl (C=O) groups excluding carboxylic acids is 1. The molecule has 2 N–H and O–H groups in total. The highest BCUT2D eigenvalue weighted by atomic mass is 35.5. The maximum atomic E-state index is 12.7. The van der Waals surface area contributed by atoms with E-state index in [1.807, 2.05) is 80.6 Å². The third kappa shape index (κ3) is 5.45. The van der Waals surface area contributed by atoms with Gasteiger partial charge in [-0.3, -0.25) is 19.6 Å². The summed E-state index contributed by atoms with van der Waals surface area (Å²) in [5, 5.41) is 15.7. The van der Waals surface area contributed by atoms with Gasteiger partial charge in [-0.05, 0) is 68.5 Å². The van der Waals surface area contributed by atoms with Crippen molar-refractivity contribution in [1.82, 2.24) is 25.0 Å². The molecule has 0 fully saturated rings. The minimum Gasteiger partial charge on any atom is -0.457 e. The molecule has 0 saturated carbocycles. The molecule has 8 nitrogen and oxygen atoms in total. The molecule has 0 bridgehead atoms. The molecule has 0 radical (unpaired) electrons. The Morgan fingerprint density at radius 1 is 1.06 bits per heavy atom. The van der Waals surface area contributed by atoms with Crippen LogP contribution in [0.1, 0.15) is 34.5 Å². The van der Waals surface area contributed by atoms with Crippen molar-refractivity contribution in [3.63, 3.8) is 0 Å². The molecule has 1 amide bonds. The molecule has 0 saturated heterocycles. The van der Waals surface area contributed by atoms with Crippen LogP contribution in [0.5, 0.6) is 11.5 Å². The highest BCUT2D eigenvalue weighted by Crippen LogP contribution is 2.28. The maximum Gasteiger partial charge on any atom is 0.273 e. The number of nitrogens with zero attached hydrogens (tertiary/aromatic N) is 4. The number of halogens is 1. The van der Waals surface area contributed by atoms with Crippen LogP contribution < -0.4 is 10.1 Å². The molecule has 2 aromatic carbocycles. The van der Waals surface area contributed by atoms with Crippen LogP contribution in [0.3, 0.4) is 0 Å². The fourth-order valence-electron chi connectivity index (χ4n) is 3.79. The molecular formula is C27H25ClN6O2. The molecule has 3 aromatic heterocycles. The van der Waals surface area contributed by atoms with Crippen LogP contribution >= 0.6 is 12.4 Å². The second-order valence-electron chi connectivity index (χ2n) is 7.97. The zero-order chi connectivity index (χ0) is 24.2. The summed E-state index contributed by atoms with van der Waals surface area (Å²) in [6.45, 7) is 4.44. The summed E-state index contributed by atoms with van der Waals surface area (Å²) in [4.78, 5) is 17.0. The average molecular weight is 501 g/mol. The van der Waals surface area contributed by atoms with Crippen molar-refractivity contribution in [3.8, 4) is 11.5 Å². The van der Waals surface area contributed by atoms with Crippen LogP contribution in [0.15, 0.2) is 72.9 Å². The molecule has 3 heterocycles. The van der Waals surface area contributed by atoms with Crippen LogP contribution in [0.2, 0.25) is 0 Å². The first-order valence-corrected chi connectivity index (χ1v) is 11.3. The first-order chi connectivity index (χ1) is 17.1. The summed E-state index contributed by atoms with van der Waals surface area (Å²) in [6.07, 6.45) is 5.61. The number of aromatic nitrogens is 5. The van der Waals surface area contributed by atoms with E-state index in [2.05, 4.69) is 25.6 Å². The molecular weight excluding hydrogens is 476 g/mol. The summed E-state index contributed by atoms with van der Waals surface area (Å²) < 4.78 is 7.74. The van der Waals surface area contributed by atoms with Gasteiger partial charge in [0.2, 0.25) is 0 Å². The van der Waals surface area contributed by atoms with Gasteiger partial charge in [0.25, 0.3) is 5.91 Å². The Labute approximate surface area is 214 Å². The molecule has 0 atom stereocenters. The van der Waals surface area contributed by atoms with E-state index in [-0.39, 0.29) is 18.3 Å². The van der Waals surface area contributed by atoms with E-state index in [1.54, 1.807) is 23.0 Å². The fourth-order valence-corrected chi connectivity index (χ4v) is 3.79. The fraction of sp³-hybridized carbons (Fsp3) is 0.111. The third-order valence-corrected chi connectivity index (χ3v) is 5.43. The van der Waals surface area contributed by atoms with Crippen molar-refractivity contribution in [3.05, 3.63) is 95.7 Å². The summed E-state index contributed by atoms with van der Waals surface area (Å²) >= 11 is 0. The van der Waals surface area contributed by atoms with Crippen molar-refractivity contribution in [1.29, 1.82) is 0 Å². The van der Waals surface area contributed by atoms with E-state index in [9.17, 15) is 4.79 Å². The van der Waals surface area contributed by atoms with Crippen LogP contribution in [0.4, 0.5) is 5.69 Å². The molecule has 9 heteroatoms. The van der Waals surface area contributed by atoms with E-state index in [0.717, 1.165) is 28.0 Å². The van der Waals surface area contributed by atoms with E-state index in [1.165, 1.54) is 0 Å². The van der Waals surface area contributed by atoms with Crippen LogP contribution in [-0.2, 0) is 6.54 Å². The van der Waals surface area contributed by atoms with Gasteiger partial charge in [0.05, 0.1) is 22.6 Å². The lowest BCUT2D eigenvalue weighted by molar-refractivity contribution is 0.101. The number of pyridine rings is 1. The van der Waals surface area contributed by atoms with Crippen molar-refractivity contribution in [2.75, 3.05) is 5.32 Å². The van der Waals surface area contributed by atoms with Gasteiger partial charge in [-0.15, -0.1) is 12.4 Å². The number of hydrogen-bond acceptors (Lipinski definition) is 5. The number of rotatable bonds is 7. The second kappa shape index (κ2) is 10.9. The Morgan fingerprint density at radius 3 is 2.72 bits per heavy atom. The Kier molecular flexibility index (Phi) is 7.46. The standard InChI is InChI=1S/C27H24N6O2.ClH/c1-3-33-26(15-18(2)32-33)27(34)29-20-8-6-9-21(16-20)35-22-11-12-23-24(30-31-25(23)17-22)13-10-19-7-4-5-14-28-19;/h4-17H,3H2,1-2H3,(H,29,34)(H,30,31);1H/b13-10+;. The van der Waals surface area contributed by atoms with Crippen molar-refractivity contribution < 1.29 is 9.53 Å². The summed E-state index contributed by atoms with van der Waals surface area (Å²) in [7, 11) is 0. The smallest absolute Gasteiger partial charge is 0.273 e. The predicted molar refractivity (Wildman–Crippen MR) is 144 cm³/mol. The largest absolute Gasteiger partial charge is 0.457 e. The van der Waals surface area contributed by atoms with Crippen molar-refractivity contribution in [2.24, 2.45) is 0 Å². The lowest BCUT2D eigenvalue weighted by Crippen LogP contribution is -2.17. The van der Waals surface area contributed by atoms with Gasteiger partial charge in [-0.2, -0.15) is 10.2 Å². The van der Waals surface area contributed by atoms with E-state index >= 15 is 0 Å². The zero-order valence-electron chi connectivity index (χ0n) is 19.8. The highest BCUT2D eigenvalue weighted by molar-refractivity contribution is 6.03. The highest BCUT2D eigenvalue weighted by Gasteiger charge is 2.14. The summed E-state index contributed by atoms with van der Waals surface area (Å²) in [5.74, 6) is 1.05. The molecule has 0 aliphatic carbocycles. The van der Waals surface area contributed by atoms with Crippen LogP contribution in [0, 0.1) is 6.92 Å². The molecule has 36 heavy (non-hydrogen) atoms. The van der Waals surface area contributed by atoms with Crippen molar-refractivity contribution in [2.45, 2.75) is 20.4 Å². The normalized spacial score (nSPS) is 10.9. The third-order valence-electron chi connectivity index (χ3n) is 5.43. The number of anilines is 1. The Balaban J connectivity index is 0.00000304. The first kappa shape index (κ1) is 24.7. The first-order valence-electron chi connectivity index (χ1n) is 11.3. The number of benzene rings is 2. The quantitative estimate of drug-likeness (QED) is 0.280. The summed E-state index contributed by atoms with van der Waals surface area (Å²) in [6, 6.07) is 20.6. The van der Waals surface area contributed by atoms with Gasteiger partial charge in [-0.25, -0.2) is 0 Å². The van der Waals surface area contributed by atoms with Gasteiger partial charge >= 0.3 is 0 Å². The number of ether oxygens (including phenoxy) is 1. The molecule has 5 aromatic rings. The number of H-pyrrole nitrogens is 1. The second-order valence-corrected chi connectivity index (χ2v) is 7.97. The topological polar surface area (TPSA) is 97.7 Å². The molecule has 0 unspecified atom stereocenters. The summed E-state index contributed by atoms with van der Waals surface area (Å²) in [5.41, 5.74) is 4.51. The number of hydrogen-bond donors (Lipinski definition) is 2. The van der Waals surface area contributed by atoms with Gasteiger partial charge in [0.1, 0.15) is 17.2 Å². The number of aryl methyl sites for hydroxylation is 2. The predicted octanol–water partition coefficient (Wildman–Crippen LogP) is 6.12. The number of aromatic amines is 1. The average Bonchev–Trinajstić information content (AvgIpc) is 3.46. The minimum absolute atomic E-state index is 0. The van der Waals surface area contributed by atoms with E-state index < -0.39 is 0 Å². The minimum atomic E-state index is -0.213. The number of carbonyl (C=O) groups is 1. The zero-order valence-corrected chi connectivity index (χ0v) is 20.6. The van der Waals surface area contributed by atoms with Crippen LogP contribution in [-0.4, -0.2) is 30.9 Å². The van der Waals surface area contributed by atoms with Gasteiger partial charge in [0, 0.05) is 35.9 Å². The van der Waals surface area contributed by atoms with Crippen LogP contribution in [0.25, 0.3) is 23.1 Å². The molecule has 182 valence electrons. The number of fused-ring (bicyclic) bond motifs is 1. The molecule has 0 aliphatic rings. The van der Waals surface area contributed by atoms with Crippen molar-refractivity contribution >= 4 is 47.1 Å².